The fourth-order valence-electron chi connectivity index (χ4n) is 2.06. The molecule has 0 saturated carbocycles. The smallest absolute Gasteiger partial charge is 0.342 e. The van der Waals surface area contributed by atoms with Crippen molar-refractivity contribution in [3.8, 4) is 5.75 Å². The summed E-state index contributed by atoms with van der Waals surface area (Å²) in [7, 11) is 1.33. The molecule has 10 heteroatoms. The van der Waals surface area contributed by atoms with Gasteiger partial charge in [0.15, 0.2) is 6.61 Å². The van der Waals surface area contributed by atoms with Crippen LogP contribution in [0.15, 0.2) is 35.7 Å². The second-order valence-electron chi connectivity index (χ2n) is 5.20. The van der Waals surface area contributed by atoms with Gasteiger partial charge in [-0.1, -0.05) is 6.07 Å². The predicted molar refractivity (Wildman–Crippen MR) is 103 cm³/mol. The third kappa shape index (κ3) is 6.57. The van der Waals surface area contributed by atoms with Crippen molar-refractivity contribution in [2.45, 2.75) is 5.75 Å². The molecule has 0 aliphatic carbocycles. The predicted octanol–water partition coefficient (Wildman–Crippen LogP) is 2.87. The molecule has 8 nitrogen and oxygen atoms in total. The molecule has 0 fully saturated rings. The normalized spacial score (nSPS) is 10.3. The summed E-state index contributed by atoms with van der Waals surface area (Å²) in [6.07, 6.45) is 0. The number of nitro groups is 1. The molecule has 0 bridgehead atoms. The number of esters is 1. The number of ether oxygens (including phenoxy) is 2. The molecular formula is C17H18N2O6S2. The van der Waals surface area contributed by atoms with Crippen LogP contribution in [0.2, 0.25) is 0 Å². The molecule has 0 aliphatic rings. The molecule has 1 heterocycles. The van der Waals surface area contributed by atoms with Crippen LogP contribution in [0.4, 0.5) is 5.69 Å². The fourth-order valence-corrected chi connectivity index (χ4v) is 3.76. The first-order chi connectivity index (χ1) is 13.0. The summed E-state index contributed by atoms with van der Waals surface area (Å²) in [5.74, 6) is 0.448. The summed E-state index contributed by atoms with van der Waals surface area (Å²) < 4.78 is 9.93. The quantitative estimate of drug-likeness (QED) is 0.278. The second kappa shape index (κ2) is 10.5. The summed E-state index contributed by atoms with van der Waals surface area (Å²) >= 11 is 3.38. The van der Waals surface area contributed by atoms with Gasteiger partial charge in [0, 0.05) is 35.1 Å². The lowest BCUT2D eigenvalue weighted by molar-refractivity contribution is -0.384. The van der Waals surface area contributed by atoms with Gasteiger partial charge in [-0.15, -0.1) is 11.3 Å². The molecule has 2 aromatic rings. The summed E-state index contributed by atoms with van der Waals surface area (Å²) in [4.78, 5) is 35.3. The average molecular weight is 410 g/mol. The molecule has 27 heavy (non-hydrogen) atoms. The zero-order valence-corrected chi connectivity index (χ0v) is 16.1. The number of hydrogen-bond donors (Lipinski definition) is 1. The van der Waals surface area contributed by atoms with Gasteiger partial charge in [-0.05, 0) is 17.5 Å². The molecule has 0 aliphatic heterocycles. The van der Waals surface area contributed by atoms with Crippen molar-refractivity contribution in [1.29, 1.82) is 0 Å². The largest absolute Gasteiger partial charge is 0.496 e. The maximum absolute atomic E-state index is 12.1. The Morgan fingerprint density at radius 3 is 2.81 bits per heavy atom. The molecule has 0 spiro atoms. The summed E-state index contributed by atoms with van der Waals surface area (Å²) in [5, 5.41) is 15.5. The highest BCUT2D eigenvalue weighted by Crippen LogP contribution is 2.24. The van der Waals surface area contributed by atoms with Crippen LogP contribution in [-0.4, -0.2) is 42.8 Å². The van der Waals surface area contributed by atoms with Gasteiger partial charge in [0.05, 0.1) is 12.0 Å². The maximum Gasteiger partial charge on any atom is 0.342 e. The first kappa shape index (κ1) is 20.7. The number of carbonyl (C=O) groups excluding carboxylic acids is 2. The average Bonchev–Trinajstić information content (AvgIpc) is 3.18. The minimum Gasteiger partial charge on any atom is -0.496 e. The highest BCUT2D eigenvalue weighted by Gasteiger charge is 2.19. The Morgan fingerprint density at radius 1 is 1.33 bits per heavy atom. The van der Waals surface area contributed by atoms with Gasteiger partial charge in [-0.2, -0.15) is 11.8 Å². The van der Waals surface area contributed by atoms with E-state index in [4.69, 9.17) is 9.47 Å². The van der Waals surface area contributed by atoms with E-state index < -0.39 is 23.4 Å². The minimum absolute atomic E-state index is 0.106. The Hall–Kier alpha value is -2.59. The molecular weight excluding hydrogens is 392 g/mol. The number of hydrogen-bond acceptors (Lipinski definition) is 8. The van der Waals surface area contributed by atoms with Crippen LogP contribution in [0, 0.1) is 10.1 Å². The molecule has 144 valence electrons. The molecule has 0 saturated heterocycles. The van der Waals surface area contributed by atoms with Crippen LogP contribution >= 0.6 is 23.1 Å². The monoisotopic (exact) mass is 410 g/mol. The summed E-state index contributed by atoms with van der Waals surface area (Å²) in [5.41, 5.74) is -0.374. The van der Waals surface area contributed by atoms with Gasteiger partial charge in [0.1, 0.15) is 11.3 Å². The van der Waals surface area contributed by atoms with E-state index in [1.54, 1.807) is 23.1 Å². The van der Waals surface area contributed by atoms with E-state index in [2.05, 4.69) is 11.4 Å². The summed E-state index contributed by atoms with van der Waals surface area (Å²) in [6.45, 7) is -0.0210. The standard InChI is InChI=1S/C17H18N2O6S2/c1-24-15-5-4-12(19(22)23)9-14(15)17(21)25-10-16(20)18-6-8-26-11-13-3-2-7-27-13/h2-5,7,9H,6,8,10-11H2,1H3,(H,18,20). The second-order valence-corrected chi connectivity index (χ2v) is 7.34. The third-order valence-electron chi connectivity index (χ3n) is 3.34. The Morgan fingerprint density at radius 2 is 2.15 bits per heavy atom. The van der Waals surface area contributed by atoms with Crippen molar-refractivity contribution in [3.05, 3.63) is 56.3 Å². The lowest BCUT2D eigenvalue weighted by atomic mass is 10.2. The van der Waals surface area contributed by atoms with Crippen molar-refractivity contribution >= 4 is 40.7 Å². The van der Waals surface area contributed by atoms with Crippen molar-refractivity contribution in [3.63, 3.8) is 0 Å². The number of carbonyl (C=O) groups is 2. The van der Waals surface area contributed by atoms with E-state index in [0.29, 0.717) is 6.54 Å². The maximum atomic E-state index is 12.1. The number of nitrogens with one attached hydrogen (secondary N) is 1. The molecule has 0 unspecified atom stereocenters. The lowest BCUT2D eigenvalue weighted by Gasteiger charge is -2.09. The van der Waals surface area contributed by atoms with E-state index in [0.717, 1.165) is 17.6 Å². The van der Waals surface area contributed by atoms with Crippen molar-refractivity contribution in [2.75, 3.05) is 26.0 Å². The Bertz CT molecular complexity index is 795. The van der Waals surface area contributed by atoms with Crippen molar-refractivity contribution < 1.29 is 24.0 Å². The number of nitro benzene ring substituents is 1. The van der Waals surface area contributed by atoms with E-state index in [1.165, 1.54) is 24.1 Å². The van der Waals surface area contributed by atoms with Crippen molar-refractivity contribution in [2.24, 2.45) is 0 Å². The van der Waals surface area contributed by atoms with Gasteiger partial charge < -0.3 is 14.8 Å². The van der Waals surface area contributed by atoms with Gasteiger partial charge >= 0.3 is 5.97 Å². The number of rotatable bonds is 10. The minimum atomic E-state index is -0.863. The van der Waals surface area contributed by atoms with E-state index in [9.17, 15) is 19.7 Å². The van der Waals surface area contributed by atoms with Crippen LogP contribution in [0.1, 0.15) is 15.2 Å². The molecule has 1 aromatic carbocycles. The van der Waals surface area contributed by atoms with Gasteiger partial charge in [-0.25, -0.2) is 4.79 Å². The van der Waals surface area contributed by atoms with Crippen LogP contribution in [0.3, 0.4) is 0 Å². The lowest BCUT2D eigenvalue weighted by Crippen LogP contribution is -2.30. The number of nitrogens with zero attached hydrogens (tertiary/aromatic N) is 1. The van der Waals surface area contributed by atoms with Crippen molar-refractivity contribution in [1.82, 2.24) is 5.32 Å². The van der Waals surface area contributed by atoms with E-state index in [1.807, 2.05) is 11.4 Å². The fraction of sp³-hybridized carbons (Fsp3) is 0.294. The van der Waals surface area contributed by atoms with Crippen LogP contribution < -0.4 is 10.1 Å². The zero-order valence-electron chi connectivity index (χ0n) is 14.5. The van der Waals surface area contributed by atoms with Crippen LogP contribution in [-0.2, 0) is 15.3 Å². The van der Waals surface area contributed by atoms with Crippen LogP contribution in [0.5, 0.6) is 5.75 Å². The van der Waals surface area contributed by atoms with Crippen LogP contribution in [0.25, 0.3) is 0 Å². The van der Waals surface area contributed by atoms with Gasteiger partial charge in [0.2, 0.25) is 0 Å². The molecule has 1 aromatic heterocycles. The number of thiophene rings is 1. The van der Waals surface area contributed by atoms with E-state index in [-0.39, 0.29) is 17.0 Å². The SMILES string of the molecule is COc1ccc([N+](=O)[O-])cc1C(=O)OCC(=O)NCCSCc1cccs1. The topological polar surface area (TPSA) is 108 Å². The van der Waals surface area contributed by atoms with Gasteiger partial charge in [0.25, 0.3) is 11.6 Å². The summed E-state index contributed by atoms with van der Waals surface area (Å²) in [6, 6.07) is 7.63. The number of methoxy groups -OCH3 is 1. The number of benzene rings is 1. The molecule has 0 atom stereocenters. The highest BCUT2D eigenvalue weighted by molar-refractivity contribution is 7.98. The Labute approximate surface area is 164 Å². The first-order valence-corrected chi connectivity index (χ1v) is 9.91. The molecule has 1 N–H and O–H groups in total. The first-order valence-electron chi connectivity index (χ1n) is 7.87. The molecule has 0 radical (unpaired) electrons. The Balaban J connectivity index is 1.75. The van der Waals surface area contributed by atoms with E-state index >= 15 is 0 Å². The number of non-ortho nitro benzene ring substituents is 1. The van der Waals surface area contributed by atoms with Gasteiger partial charge in [-0.3, -0.25) is 14.9 Å². The number of amides is 1. The third-order valence-corrected chi connectivity index (χ3v) is 5.41. The highest BCUT2D eigenvalue weighted by atomic mass is 32.2. The molecule has 1 amide bonds. The Kier molecular flexibility index (Phi) is 8.08. The molecule has 2 rings (SSSR count). The number of thioether (sulfide) groups is 1. The zero-order chi connectivity index (χ0) is 19.6.